The van der Waals surface area contributed by atoms with Crippen molar-refractivity contribution >= 4 is 10.2 Å². The van der Waals surface area contributed by atoms with Crippen molar-refractivity contribution in [3.05, 3.63) is 35.9 Å². The Hall–Kier alpha value is -0.950. The highest BCUT2D eigenvalue weighted by Crippen LogP contribution is 2.21. The molecule has 2 rings (SSSR count). The molecule has 5 nitrogen and oxygen atoms in total. The zero-order chi connectivity index (χ0) is 15.5. The molecule has 118 valence electrons. The molecule has 2 atom stereocenters. The Morgan fingerprint density at radius 1 is 1.38 bits per heavy atom. The van der Waals surface area contributed by atoms with E-state index in [4.69, 9.17) is 0 Å². The summed E-state index contributed by atoms with van der Waals surface area (Å²) in [7, 11) is -3.53. The van der Waals surface area contributed by atoms with Gasteiger partial charge in [-0.25, -0.2) is 0 Å². The average Bonchev–Trinajstić information content (AvgIpc) is 2.46. The van der Waals surface area contributed by atoms with Crippen LogP contribution in [-0.2, 0) is 15.8 Å². The molecule has 0 aromatic heterocycles. The van der Waals surface area contributed by atoms with E-state index in [1.54, 1.807) is 19.1 Å². The highest BCUT2D eigenvalue weighted by Gasteiger charge is 2.30. The summed E-state index contributed by atoms with van der Waals surface area (Å²) in [5.74, 6) is 0.380. The molecule has 0 spiro atoms. The lowest BCUT2D eigenvalue weighted by molar-refractivity contribution is 0.0621. The van der Waals surface area contributed by atoms with E-state index in [1.807, 2.05) is 18.2 Å². The third kappa shape index (κ3) is 4.26. The van der Waals surface area contributed by atoms with Gasteiger partial charge >= 0.3 is 0 Å². The Labute approximate surface area is 127 Å². The zero-order valence-corrected chi connectivity index (χ0v) is 13.4. The molecule has 2 unspecified atom stereocenters. The molecule has 1 aliphatic rings. The third-order valence-electron chi connectivity index (χ3n) is 3.95. The Morgan fingerprint density at radius 2 is 2.05 bits per heavy atom. The summed E-state index contributed by atoms with van der Waals surface area (Å²) in [5, 5.41) is 10.5. The molecule has 1 heterocycles. The van der Waals surface area contributed by atoms with Crippen LogP contribution < -0.4 is 4.72 Å². The van der Waals surface area contributed by atoms with Crippen LogP contribution in [0.25, 0.3) is 0 Å². The molecule has 2 N–H and O–H groups in total. The highest BCUT2D eigenvalue weighted by atomic mass is 32.2. The number of piperidine rings is 1. The second-order valence-electron chi connectivity index (χ2n) is 6.07. The number of hydrogen-bond acceptors (Lipinski definition) is 3. The molecule has 0 saturated carbocycles. The van der Waals surface area contributed by atoms with Gasteiger partial charge in [-0.05, 0) is 31.2 Å². The number of aliphatic hydroxyl groups is 1. The molecule has 1 aliphatic heterocycles. The summed E-state index contributed by atoms with van der Waals surface area (Å²) < 4.78 is 28.6. The first-order chi connectivity index (χ1) is 9.81. The van der Waals surface area contributed by atoms with E-state index in [9.17, 15) is 13.5 Å². The minimum Gasteiger partial charge on any atom is -0.384 e. The fourth-order valence-corrected chi connectivity index (χ4v) is 4.05. The fraction of sp³-hybridized carbons (Fsp3) is 0.600. The smallest absolute Gasteiger partial charge is 0.279 e. The molecule has 21 heavy (non-hydrogen) atoms. The van der Waals surface area contributed by atoms with Crippen molar-refractivity contribution in [3.63, 3.8) is 0 Å². The molecule has 0 radical (unpaired) electrons. The summed E-state index contributed by atoms with van der Waals surface area (Å²) in [4.78, 5) is 0. The van der Waals surface area contributed by atoms with E-state index < -0.39 is 15.8 Å². The van der Waals surface area contributed by atoms with Crippen molar-refractivity contribution in [3.8, 4) is 0 Å². The van der Waals surface area contributed by atoms with Gasteiger partial charge in [-0.1, -0.05) is 37.3 Å². The molecule has 1 aromatic rings. The van der Waals surface area contributed by atoms with Gasteiger partial charge in [0.2, 0.25) is 0 Å². The van der Waals surface area contributed by atoms with Crippen LogP contribution in [0.3, 0.4) is 0 Å². The summed E-state index contributed by atoms with van der Waals surface area (Å²) in [6, 6.07) is 9.09. The van der Waals surface area contributed by atoms with Crippen LogP contribution in [0.5, 0.6) is 0 Å². The maximum Gasteiger partial charge on any atom is 0.279 e. The zero-order valence-electron chi connectivity index (χ0n) is 12.6. The Kier molecular flexibility index (Phi) is 5.03. The van der Waals surface area contributed by atoms with Crippen molar-refractivity contribution in [1.29, 1.82) is 0 Å². The quantitative estimate of drug-likeness (QED) is 0.865. The largest absolute Gasteiger partial charge is 0.384 e. The van der Waals surface area contributed by atoms with E-state index in [0.29, 0.717) is 24.6 Å². The minimum absolute atomic E-state index is 0.0375. The topological polar surface area (TPSA) is 69.6 Å². The number of nitrogens with one attached hydrogen (secondary N) is 1. The predicted octanol–water partition coefficient (Wildman–Crippen LogP) is 1.46. The van der Waals surface area contributed by atoms with Crippen LogP contribution in [0.2, 0.25) is 0 Å². The van der Waals surface area contributed by atoms with Gasteiger partial charge in [0.25, 0.3) is 10.2 Å². The maximum atomic E-state index is 12.3. The van der Waals surface area contributed by atoms with E-state index in [-0.39, 0.29) is 6.54 Å². The van der Waals surface area contributed by atoms with E-state index in [1.165, 1.54) is 4.31 Å². The number of hydrogen-bond donors (Lipinski definition) is 2. The van der Waals surface area contributed by atoms with Crippen molar-refractivity contribution in [1.82, 2.24) is 9.03 Å². The number of rotatable bonds is 5. The van der Waals surface area contributed by atoms with Gasteiger partial charge < -0.3 is 5.11 Å². The second-order valence-corrected chi connectivity index (χ2v) is 7.83. The van der Waals surface area contributed by atoms with Crippen LogP contribution in [0.15, 0.2) is 30.3 Å². The molecule has 0 bridgehead atoms. The Bertz CT molecular complexity index is 558. The molecule has 0 amide bonds. The van der Waals surface area contributed by atoms with Gasteiger partial charge in [0, 0.05) is 19.6 Å². The van der Waals surface area contributed by atoms with E-state index in [0.717, 1.165) is 12.8 Å². The minimum atomic E-state index is -3.53. The molecule has 0 aliphatic carbocycles. The van der Waals surface area contributed by atoms with Crippen molar-refractivity contribution in [2.75, 3.05) is 19.6 Å². The standard InChI is InChI=1S/C15H24N2O3S/c1-13-7-6-10-17(11-13)21(19,20)16-12-15(2,18)14-8-4-3-5-9-14/h3-5,8-9,13,16,18H,6-7,10-12H2,1-2H3. The van der Waals surface area contributed by atoms with Crippen molar-refractivity contribution in [2.24, 2.45) is 5.92 Å². The molecule has 6 heteroatoms. The van der Waals surface area contributed by atoms with E-state index >= 15 is 0 Å². The normalized spacial score (nSPS) is 23.7. The lowest BCUT2D eigenvalue weighted by Crippen LogP contribution is -2.48. The number of nitrogens with zero attached hydrogens (tertiary/aromatic N) is 1. The van der Waals surface area contributed by atoms with Gasteiger partial charge in [0.05, 0.1) is 0 Å². The third-order valence-corrected chi connectivity index (χ3v) is 5.47. The summed E-state index contributed by atoms with van der Waals surface area (Å²) in [5.41, 5.74) is -0.532. The SMILES string of the molecule is CC1CCCN(S(=O)(=O)NCC(C)(O)c2ccccc2)C1. The first-order valence-electron chi connectivity index (χ1n) is 7.34. The maximum absolute atomic E-state index is 12.3. The van der Waals surface area contributed by atoms with Crippen LogP contribution in [0.1, 0.15) is 32.3 Å². The fourth-order valence-electron chi connectivity index (χ4n) is 2.59. The Balaban J connectivity index is 2.01. The van der Waals surface area contributed by atoms with Crippen molar-refractivity contribution in [2.45, 2.75) is 32.3 Å². The van der Waals surface area contributed by atoms with Gasteiger partial charge in [0.1, 0.15) is 5.60 Å². The highest BCUT2D eigenvalue weighted by molar-refractivity contribution is 7.87. The summed E-state index contributed by atoms with van der Waals surface area (Å²) >= 11 is 0. The average molecular weight is 312 g/mol. The molecule has 1 fully saturated rings. The lowest BCUT2D eigenvalue weighted by atomic mass is 9.97. The summed E-state index contributed by atoms with van der Waals surface area (Å²) in [6.07, 6.45) is 1.95. The van der Waals surface area contributed by atoms with Gasteiger partial charge in [-0.3, -0.25) is 0 Å². The Morgan fingerprint density at radius 3 is 2.67 bits per heavy atom. The molecule has 1 saturated heterocycles. The van der Waals surface area contributed by atoms with Gasteiger partial charge in [-0.2, -0.15) is 17.4 Å². The monoisotopic (exact) mass is 312 g/mol. The van der Waals surface area contributed by atoms with Crippen LogP contribution in [0.4, 0.5) is 0 Å². The predicted molar refractivity (Wildman–Crippen MR) is 82.9 cm³/mol. The number of benzene rings is 1. The van der Waals surface area contributed by atoms with Crippen LogP contribution >= 0.6 is 0 Å². The molecular weight excluding hydrogens is 288 g/mol. The van der Waals surface area contributed by atoms with Crippen LogP contribution in [0, 0.1) is 5.92 Å². The molecular formula is C15H24N2O3S. The lowest BCUT2D eigenvalue weighted by Gasteiger charge is -2.31. The second kappa shape index (κ2) is 6.44. The van der Waals surface area contributed by atoms with Crippen LogP contribution in [-0.4, -0.2) is 37.5 Å². The van der Waals surface area contributed by atoms with Gasteiger partial charge in [-0.15, -0.1) is 0 Å². The van der Waals surface area contributed by atoms with Gasteiger partial charge in [0.15, 0.2) is 0 Å². The first-order valence-corrected chi connectivity index (χ1v) is 8.78. The summed E-state index contributed by atoms with van der Waals surface area (Å²) in [6.45, 7) is 4.73. The van der Waals surface area contributed by atoms with Crippen molar-refractivity contribution < 1.29 is 13.5 Å². The van der Waals surface area contributed by atoms with E-state index in [2.05, 4.69) is 11.6 Å². The first kappa shape index (κ1) is 16.4. The molecule has 1 aromatic carbocycles.